The van der Waals surface area contributed by atoms with E-state index in [1.165, 1.54) is 0 Å². The van der Waals surface area contributed by atoms with Crippen LogP contribution in [0.2, 0.25) is 5.02 Å². The average Bonchev–Trinajstić information content (AvgIpc) is 3.26. The molecular weight excluding hydrogens is 454 g/mol. The van der Waals surface area contributed by atoms with Gasteiger partial charge in [-0.1, -0.05) is 23.7 Å². The molecule has 0 saturated heterocycles. The molecule has 0 heterocycles. The van der Waals surface area contributed by atoms with Gasteiger partial charge in [-0.2, -0.15) is 0 Å². The maximum Gasteiger partial charge on any atom is 0.312 e. The Bertz CT molecular complexity index is 1250. The first kappa shape index (κ1) is 23.6. The number of carboxylic acid groups (broad SMARTS) is 1. The quantitative estimate of drug-likeness (QED) is 0.353. The predicted octanol–water partition coefficient (Wildman–Crippen LogP) is 5.83. The first-order valence-electron chi connectivity index (χ1n) is 11.2. The maximum absolute atomic E-state index is 12.0. The molecule has 7 heteroatoms. The van der Waals surface area contributed by atoms with Gasteiger partial charge in [-0.05, 0) is 97.7 Å². The van der Waals surface area contributed by atoms with E-state index in [0.717, 1.165) is 59.3 Å². The lowest BCUT2D eigenvalue weighted by Gasteiger charge is -2.18. The van der Waals surface area contributed by atoms with Crippen LogP contribution >= 0.6 is 11.6 Å². The number of aryl methyl sites for hydroxylation is 3. The van der Waals surface area contributed by atoms with Crippen molar-refractivity contribution in [3.63, 3.8) is 0 Å². The van der Waals surface area contributed by atoms with E-state index in [0.29, 0.717) is 22.9 Å². The van der Waals surface area contributed by atoms with Crippen molar-refractivity contribution in [3.8, 4) is 17.2 Å². The molecule has 0 bridgehead atoms. The van der Waals surface area contributed by atoms with E-state index < -0.39 is 18.3 Å². The Labute approximate surface area is 203 Å². The number of phenolic OH excluding ortho intramolecular Hbond substituents is 1. The second kappa shape index (κ2) is 10.2. The summed E-state index contributed by atoms with van der Waals surface area (Å²) in [6.07, 6.45) is 3.32. The summed E-state index contributed by atoms with van der Waals surface area (Å²) in [5.41, 5.74) is 5.38. The highest BCUT2D eigenvalue weighted by molar-refractivity contribution is 6.30. The summed E-state index contributed by atoms with van der Waals surface area (Å²) in [7, 11) is 0. The molecule has 1 aliphatic rings. The smallest absolute Gasteiger partial charge is 0.312 e. The normalized spacial score (nSPS) is 12.3. The number of hydrogen-bond donors (Lipinski definition) is 3. The highest BCUT2D eigenvalue weighted by atomic mass is 35.5. The van der Waals surface area contributed by atoms with Gasteiger partial charge >= 0.3 is 5.97 Å². The number of carbonyl (C=O) groups excluding carboxylic acids is 1. The van der Waals surface area contributed by atoms with Gasteiger partial charge in [0, 0.05) is 16.3 Å². The Morgan fingerprint density at radius 3 is 2.62 bits per heavy atom. The summed E-state index contributed by atoms with van der Waals surface area (Å²) in [6, 6.07) is 14.7. The van der Waals surface area contributed by atoms with Gasteiger partial charge in [0.2, 0.25) is 5.91 Å². The Morgan fingerprint density at radius 1 is 1.06 bits per heavy atom. The molecule has 6 nitrogen and oxygen atoms in total. The van der Waals surface area contributed by atoms with E-state index >= 15 is 0 Å². The third-order valence-corrected chi connectivity index (χ3v) is 6.20. The summed E-state index contributed by atoms with van der Waals surface area (Å²) >= 11 is 6.08. The Morgan fingerprint density at radius 2 is 1.85 bits per heavy atom. The molecule has 1 amide bonds. The van der Waals surface area contributed by atoms with Gasteiger partial charge < -0.3 is 20.3 Å². The number of anilines is 1. The fraction of sp³-hybridized carbons (Fsp3) is 0.259. The van der Waals surface area contributed by atoms with Crippen LogP contribution < -0.4 is 10.1 Å². The number of amides is 1. The molecule has 0 saturated carbocycles. The number of nitrogens with one attached hydrogen (secondary N) is 1. The van der Waals surface area contributed by atoms with Crippen molar-refractivity contribution < 1.29 is 24.5 Å². The minimum atomic E-state index is -1.16. The van der Waals surface area contributed by atoms with Gasteiger partial charge in [-0.25, -0.2) is 0 Å². The van der Waals surface area contributed by atoms with Gasteiger partial charge in [0.15, 0.2) is 0 Å². The van der Waals surface area contributed by atoms with Crippen molar-refractivity contribution >= 4 is 29.2 Å². The molecular formula is C27H26ClNO5. The number of halogens is 1. The number of carboxylic acids is 1. The van der Waals surface area contributed by atoms with Crippen LogP contribution in [0.3, 0.4) is 0 Å². The SMILES string of the molecule is Cc1cc(NC(=O)CC(=O)O)c2c(c1Oc1ccc(O)c(CCc3cccc(Cl)c3)c1)CCC2. The minimum Gasteiger partial charge on any atom is -0.508 e. The van der Waals surface area contributed by atoms with Gasteiger partial charge in [0.05, 0.1) is 0 Å². The zero-order valence-corrected chi connectivity index (χ0v) is 19.6. The van der Waals surface area contributed by atoms with Crippen LogP contribution in [0.15, 0.2) is 48.5 Å². The van der Waals surface area contributed by atoms with E-state index in [1.54, 1.807) is 12.1 Å². The van der Waals surface area contributed by atoms with Gasteiger partial charge in [-0.3, -0.25) is 9.59 Å². The number of benzene rings is 3. The zero-order chi connectivity index (χ0) is 24.2. The fourth-order valence-electron chi connectivity index (χ4n) is 4.40. The number of hydrogen-bond acceptors (Lipinski definition) is 4. The highest BCUT2D eigenvalue weighted by Crippen LogP contribution is 2.41. The standard InChI is InChI=1S/C27H26ClNO5/c1-16-12-23(29-25(31)15-26(32)33)21-6-3-7-22(21)27(16)34-20-10-11-24(30)18(14-20)9-8-17-4-2-5-19(28)13-17/h2,4-5,10-14,30H,3,6-9,15H2,1H3,(H,29,31)(H,32,33). The highest BCUT2D eigenvalue weighted by Gasteiger charge is 2.24. The molecule has 3 aromatic carbocycles. The van der Waals surface area contributed by atoms with Crippen LogP contribution in [0, 0.1) is 6.92 Å². The minimum absolute atomic E-state index is 0.216. The molecule has 34 heavy (non-hydrogen) atoms. The monoisotopic (exact) mass is 479 g/mol. The van der Waals surface area contributed by atoms with E-state index in [2.05, 4.69) is 5.32 Å². The number of phenols is 1. The summed E-state index contributed by atoms with van der Waals surface area (Å²) in [4.78, 5) is 22.9. The molecule has 3 aromatic rings. The average molecular weight is 480 g/mol. The first-order chi connectivity index (χ1) is 16.3. The van der Waals surface area contributed by atoms with Crippen LogP contribution in [0.25, 0.3) is 0 Å². The van der Waals surface area contributed by atoms with Crippen LogP contribution in [0.4, 0.5) is 5.69 Å². The van der Waals surface area contributed by atoms with Crippen LogP contribution in [-0.4, -0.2) is 22.1 Å². The molecule has 1 aliphatic carbocycles. The summed E-state index contributed by atoms with van der Waals surface area (Å²) in [5.74, 6) is -0.122. The molecule has 0 aliphatic heterocycles. The number of ether oxygens (including phenoxy) is 1. The van der Waals surface area contributed by atoms with Crippen molar-refractivity contribution in [2.24, 2.45) is 0 Å². The maximum atomic E-state index is 12.0. The van der Waals surface area contributed by atoms with Crippen molar-refractivity contribution in [3.05, 3.63) is 81.4 Å². The number of carbonyl (C=O) groups is 2. The molecule has 176 valence electrons. The first-order valence-corrected chi connectivity index (χ1v) is 11.6. The molecule has 0 atom stereocenters. The summed E-state index contributed by atoms with van der Waals surface area (Å²) in [5, 5.41) is 22.7. The lowest BCUT2D eigenvalue weighted by atomic mass is 10.0. The van der Waals surface area contributed by atoms with Crippen molar-refractivity contribution in [2.45, 2.75) is 45.4 Å². The van der Waals surface area contributed by atoms with Crippen molar-refractivity contribution in [2.75, 3.05) is 5.32 Å². The molecule has 0 radical (unpaired) electrons. The van der Waals surface area contributed by atoms with Crippen molar-refractivity contribution in [1.29, 1.82) is 0 Å². The summed E-state index contributed by atoms with van der Waals surface area (Å²) < 4.78 is 6.30. The van der Waals surface area contributed by atoms with Gasteiger partial charge in [-0.15, -0.1) is 0 Å². The molecule has 0 spiro atoms. The van der Waals surface area contributed by atoms with E-state index in [-0.39, 0.29) is 5.75 Å². The third kappa shape index (κ3) is 5.51. The molecule has 0 fully saturated rings. The number of rotatable bonds is 8. The van der Waals surface area contributed by atoms with Gasteiger partial charge in [0.25, 0.3) is 0 Å². The Balaban J connectivity index is 1.55. The lowest BCUT2D eigenvalue weighted by molar-refractivity contribution is -0.139. The van der Waals surface area contributed by atoms with Crippen LogP contribution in [0.5, 0.6) is 17.2 Å². The fourth-order valence-corrected chi connectivity index (χ4v) is 4.61. The number of aliphatic carboxylic acids is 1. The summed E-state index contributed by atoms with van der Waals surface area (Å²) in [6.45, 7) is 1.90. The molecule has 3 N–H and O–H groups in total. The second-order valence-corrected chi connectivity index (χ2v) is 8.96. The predicted molar refractivity (Wildman–Crippen MR) is 131 cm³/mol. The number of fused-ring (bicyclic) bond motifs is 1. The van der Waals surface area contributed by atoms with Gasteiger partial charge in [0.1, 0.15) is 23.7 Å². The van der Waals surface area contributed by atoms with Crippen LogP contribution in [-0.2, 0) is 35.3 Å². The Hall–Kier alpha value is -3.51. The molecule has 0 aromatic heterocycles. The van der Waals surface area contributed by atoms with E-state index in [4.69, 9.17) is 21.4 Å². The van der Waals surface area contributed by atoms with E-state index in [1.807, 2.05) is 43.3 Å². The molecule has 4 rings (SSSR count). The lowest BCUT2D eigenvalue weighted by Crippen LogP contribution is -2.17. The topological polar surface area (TPSA) is 95.9 Å². The third-order valence-electron chi connectivity index (χ3n) is 5.96. The van der Waals surface area contributed by atoms with Crippen LogP contribution in [0.1, 0.15) is 40.7 Å². The zero-order valence-electron chi connectivity index (χ0n) is 18.9. The van der Waals surface area contributed by atoms with Crippen molar-refractivity contribution in [1.82, 2.24) is 0 Å². The molecule has 0 unspecified atom stereocenters. The van der Waals surface area contributed by atoms with E-state index in [9.17, 15) is 14.7 Å². The second-order valence-electron chi connectivity index (χ2n) is 8.52. The largest absolute Gasteiger partial charge is 0.508 e. The number of aromatic hydroxyl groups is 1. The Kier molecular flexibility index (Phi) is 7.08.